The predicted octanol–water partition coefficient (Wildman–Crippen LogP) is 5.15. The van der Waals surface area contributed by atoms with Gasteiger partial charge in [-0.1, -0.05) is 18.0 Å². The van der Waals surface area contributed by atoms with Crippen LogP contribution in [0, 0.1) is 16.8 Å². The van der Waals surface area contributed by atoms with E-state index in [1.807, 2.05) is 0 Å². The lowest BCUT2D eigenvalue weighted by atomic mass is 9.86. The van der Waals surface area contributed by atoms with Crippen LogP contribution in [0.25, 0.3) is 16.8 Å². The summed E-state index contributed by atoms with van der Waals surface area (Å²) in [5, 5.41) is 27.0. The summed E-state index contributed by atoms with van der Waals surface area (Å²) in [5.74, 6) is -4.08. The Morgan fingerprint density at radius 2 is 1.98 bits per heavy atom. The van der Waals surface area contributed by atoms with Gasteiger partial charge in [-0.15, -0.1) is 0 Å². The van der Waals surface area contributed by atoms with Crippen molar-refractivity contribution in [1.29, 1.82) is 0 Å². The summed E-state index contributed by atoms with van der Waals surface area (Å²) in [6.45, 7) is 0. The molecule has 2 amide bonds. The number of fused-ring (bicyclic) bond motifs is 2. The summed E-state index contributed by atoms with van der Waals surface area (Å²) in [4.78, 5) is 28.6. The van der Waals surface area contributed by atoms with Crippen LogP contribution in [0.5, 0.6) is 0 Å². The average Bonchev–Trinajstić information content (AvgIpc) is 2.96. The van der Waals surface area contributed by atoms with Crippen LogP contribution in [0.2, 0.25) is 5.02 Å². The number of aromatic nitrogens is 1. The molecule has 1 unspecified atom stereocenters. The van der Waals surface area contributed by atoms with Gasteiger partial charge in [-0.3, -0.25) is 15.3 Å². The Balaban J connectivity index is 1.67. The van der Waals surface area contributed by atoms with Crippen molar-refractivity contribution in [2.24, 2.45) is 4.99 Å². The number of anilines is 1. The highest BCUT2D eigenvalue weighted by atomic mass is 35.5. The number of hydrogen-bond donors (Lipinski definition) is 2. The number of carbonyl (C=O) groups is 2. The van der Waals surface area contributed by atoms with Gasteiger partial charge in [0.25, 0.3) is 0 Å². The molecule has 9 nitrogen and oxygen atoms in total. The van der Waals surface area contributed by atoms with Crippen LogP contribution in [-0.2, 0) is 9.53 Å². The number of ether oxygens (including phenoxy) is 1. The molecule has 3 heterocycles. The number of pyridine rings is 1. The van der Waals surface area contributed by atoms with E-state index in [1.54, 1.807) is 0 Å². The molecule has 0 saturated carbocycles. The molecule has 2 aliphatic rings. The first-order valence-corrected chi connectivity index (χ1v) is 13.5. The number of amides is 2. The van der Waals surface area contributed by atoms with Gasteiger partial charge in [0.15, 0.2) is 17.7 Å². The third-order valence-corrected chi connectivity index (χ3v) is 7.44. The highest BCUT2D eigenvalue weighted by Crippen LogP contribution is 2.38. The lowest BCUT2D eigenvalue weighted by molar-refractivity contribution is -0.614. The van der Waals surface area contributed by atoms with Crippen molar-refractivity contribution in [1.82, 2.24) is 5.06 Å². The number of nitrogens with zero attached hydrogens (tertiary/aromatic N) is 3. The summed E-state index contributed by atoms with van der Waals surface area (Å²) in [5.41, 5.74) is -0.0826. The number of halogens is 4. The van der Waals surface area contributed by atoms with Crippen molar-refractivity contribution in [3.8, 4) is 11.1 Å². The molecule has 2 aromatic carbocycles. The Morgan fingerprint density at radius 1 is 1.19 bits per heavy atom. The van der Waals surface area contributed by atoms with E-state index in [0.29, 0.717) is 22.6 Å². The van der Waals surface area contributed by atoms with Crippen molar-refractivity contribution in [3.05, 3.63) is 110 Å². The summed E-state index contributed by atoms with van der Waals surface area (Å²) >= 11 is 5.82. The fraction of sp³-hybridized carbons (Fsp3) is 0.200. The number of benzene rings is 2. The molecule has 2 bridgehead atoms. The fourth-order valence-corrected chi connectivity index (χ4v) is 5.23. The van der Waals surface area contributed by atoms with Gasteiger partial charge in [0.05, 0.1) is 46.4 Å². The number of hydroxylamine groups is 2. The molecular formula is C30H24ClF3N4O5. The van der Waals surface area contributed by atoms with Gasteiger partial charge in [0, 0.05) is 29.0 Å². The molecule has 1 aromatic heterocycles. The van der Waals surface area contributed by atoms with E-state index in [9.17, 15) is 28.8 Å². The molecule has 0 fully saturated rings. The minimum absolute atomic E-state index is 0.0417. The van der Waals surface area contributed by atoms with E-state index in [1.165, 1.54) is 43.5 Å². The fourth-order valence-electron chi connectivity index (χ4n) is 5.07. The van der Waals surface area contributed by atoms with Crippen LogP contribution >= 0.6 is 11.6 Å². The Bertz CT molecular complexity index is 1830. The van der Waals surface area contributed by atoms with E-state index in [-0.39, 0.29) is 56.7 Å². The molecule has 0 aliphatic carbocycles. The smallest absolute Gasteiger partial charge is 0.411 e. The second-order valence-electron chi connectivity index (χ2n) is 9.85. The topological polar surface area (TPSA) is 118 Å². The highest BCUT2D eigenvalue weighted by Gasteiger charge is 2.31. The van der Waals surface area contributed by atoms with Crippen LogP contribution in [0.4, 0.5) is 23.7 Å². The Hall–Kier alpha value is -4.68. The monoisotopic (exact) mass is 612 g/mol. The lowest BCUT2D eigenvalue weighted by Crippen LogP contribution is -2.36. The number of hydrogen-bond acceptors (Lipinski definition) is 6. The standard InChI is InChI=1S/C30H24ClF3N4O5/c1-43-30(40)35-17-7-8-19-24(12-17)36-27(39)5-3-2-4-18(20-13-26(19)38(42)15-23(20)33)25-11-6-16(14-37(25)41)28-22(32)10-9-21(31)29(28)34/h6-15,18,42H,2-5H2,1H3,(H,35,40). The van der Waals surface area contributed by atoms with Crippen LogP contribution in [0.3, 0.4) is 0 Å². The lowest BCUT2D eigenvalue weighted by Gasteiger charge is -2.25. The van der Waals surface area contributed by atoms with Crippen molar-refractivity contribution in [2.45, 2.75) is 31.6 Å². The number of carbonyl (C=O) groups excluding carboxylic acids is 2. The SMILES string of the molecule is COC(=O)Nc1ccc2c(c1)=NC(=O)CCCCC(c1ccc(-c3c(F)ccc(Cl)c3F)c[n+]1[O-])C1=CC=2N(O)C=C1F. The minimum atomic E-state index is -1.02. The largest absolute Gasteiger partial charge is 0.618 e. The second kappa shape index (κ2) is 12.3. The number of nitrogens with one attached hydrogen (secondary N) is 1. The zero-order valence-corrected chi connectivity index (χ0v) is 23.4. The molecule has 2 aliphatic heterocycles. The van der Waals surface area contributed by atoms with Crippen LogP contribution < -0.4 is 20.6 Å². The summed E-state index contributed by atoms with van der Waals surface area (Å²) in [7, 11) is 1.19. The third-order valence-electron chi connectivity index (χ3n) is 7.14. The van der Waals surface area contributed by atoms with E-state index in [0.717, 1.165) is 24.5 Å². The first-order chi connectivity index (χ1) is 20.6. The molecule has 5 rings (SSSR count). The average molecular weight is 613 g/mol. The van der Waals surface area contributed by atoms with Crippen molar-refractivity contribution < 1.29 is 37.4 Å². The molecule has 0 radical (unpaired) electrons. The predicted molar refractivity (Wildman–Crippen MR) is 150 cm³/mol. The minimum Gasteiger partial charge on any atom is -0.618 e. The zero-order chi connectivity index (χ0) is 30.8. The molecule has 222 valence electrons. The summed E-state index contributed by atoms with van der Waals surface area (Å²) in [6, 6.07) is 9.14. The normalized spacial score (nSPS) is 17.1. The molecule has 13 heteroatoms. The second-order valence-corrected chi connectivity index (χ2v) is 10.3. The van der Waals surface area contributed by atoms with Crippen molar-refractivity contribution in [3.63, 3.8) is 0 Å². The van der Waals surface area contributed by atoms with Gasteiger partial charge in [0.1, 0.15) is 11.6 Å². The zero-order valence-electron chi connectivity index (χ0n) is 22.6. The van der Waals surface area contributed by atoms with Gasteiger partial charge in [-0.05, 0) is 55.3 Å². The van der Waals surface area contributed by atoms with E-state index < -0.39 is 40.9 Å². The van der Waals surface area contributed by atoms with E-state index in [2.05, 4.69) is 15.0 Å². The first kappa shape index (κ1) is 29.8. The van der Waals surface area contributed by atoms with Crippen LogP contribution in [-0.4, -0.2) is 29.4 Å². The van der Waals surface area contributed by atoms with Gasteiger partial charge in [0.2, 0.25) is 5.91 Å². The molecule has 1 atom stereocenters. The molecular weight excluding hydrogens is 589 g/mol. The maximum atomic E-state index is 15.5. The number of rotatable bonds is 3. The Morgan fingerprint density at radius 3 is 2.72 bits per heavy atom. The first-order valence-electron chi connectivity index (χ1n) is 13.1. The van der Waals surface area contributed by atoms with E-state index >= 15 is 4.39 Å². The van der Waals surface area contributed by atoms with Gasteiger partial charge < -0.3 is 9.94 Å². The van der Waals surface area contributed by atoms with Crippen molar-refractivity contribution in [2.75, 3.05) is 12.4 Å². The molecule has 0 saturated heterocycles. The van der Waals surface area contributed by atoms with E-state index in [4.69, 9.17) is 11.6 Å². The quantitative estimate of drug-likeness (QED) is 0.240. The molecule has 0 spiro atoms. The highest BCUT2D eigenvalue weighted by molar-refractivity contribution is 6.31. The third kappa shape index (κ3) is 6.11. The van der Waals surface area contributed by atoms with Crippen molar-refractivity contribution >= 4 is 35.0 Å². The number of methoxy groups -OCH3 is 1. The Kier molecular flexibility index (Phi) is 8.51. The number of allylic oxidation sites excluding steroid dienone is 2. The Labute approximate surface area is 248 Å². The van der Waals surface area contributed by atoms with Crippen LogP contribution in [0.15, 0.2) is 77.3 Å². The van der Waals surface area contributed by atoms with Gasteiger partial charge in [-0.25, -0.2) is 28.0 Å². The summed E-state index contributed by atoms with van der Waals surface area (Å²) < 4.78 is 49.7. The van der Waals surface area contributed by atoms with Gasteiger partial charge in [-0.2, -0.15) is 4.73 Å². The van der Waals surface area contributed by atoms with Crippen LogP contribution in [0.1, 0.15) is 37.3 Å². The maximum Gasteiger partial charge on any atom is 0.411 e. The molecule has 3 aromatic rings. The van der Waals surface area contributed by atoms with Gasteiger partial charge >= 0.3 is 6.09 Å². The molecule has 43 heavy (non-hydrogen) atoms. The maximum absolute atomic E-state index is 15.5. The molecule has 2 N–H and O–H groups in total. The summed E-state index contributed by atoms with van der Waals surface area (Å²) in [6.07, 6.45) is 3.45.